The molecule has 0 saturated carbocycles. The summed E-state index contributed by atoms with van der Waals surface area (Å²) in [6.45, 7) is 6.81. The van der Waals surface area contributed by atoms with Crippen molar-refractivity contribution >= 4 is 5.97 Å². The summed E-state index contributed by atoms with van der Waals surface area (Å²) in [4.78, 5) is 13.1. The molecule has 0 aliphatic carbocycles. The third-order valence-electron chi connectivity index (χ3n) is 3.20. The van der Waals surface area contributed by atoms with Crippen molar-refractivity contribution in [2.45, 2.75) is 32.5 Å². The molecule has 0 radical (unpaired) electrons. The molecule has 100 valence electrons. The molecule has 1 fully saturated rings. The Morgan fingerprint density at radius 1 is 1.67 bits per heavy atom. The zero-order valence-electron chi connectivity index (χ0n) is 10.8. The lowest BCUT2D eigenvalue weighted by Crippen LogP contribution is -2.54. The molecule has 6 nitrogen and oxygen atoms in total. The van der Waals surface area contributed by atoms with Crippen molar-refractivity contribution in [1.82, 2.24) is 20.0 Å². The average molecular weight is 252 g/mol. The fourth-order valence-electron chi connectivity index (χ4n) is 2.14. The minimum atomic E-state index is -0.773. The number of nitrogens with one attached hydrogen (secondary N) is 1. The van der Waals surface area contributed by atoms with Crippen LogP contribution < -0.4 is 5.32 Å². The molecule has 1 unspecified atom stereocenters. The first-order valence-electron chi connectivity index (χ1n) is 6.29. The Hall–Kier alpha value is -1.40. The number of piperazine rings is 1. The molecule has 0 bridgehead atoms. The van der Waals surface area contributed by atoms with Gasteiger partial charge in [0.15, 0.2) is 0 Å². The number of nitrogens with zero attached hydrogens (tertiary/aromatic N) is 3. The lowest BCUT2D eigenvalue weighted by atomic mass is 10.2. The molecule has 0 aromatic carbocycles. The fourth-order valence-corrected chi connectivity index (χ4v) is 2.14. The molecule has 0 amide bonds. The van der Waals surface area contributed by atoms with Gasteiger partial charge in [-0.1, -0.05) is 0 Å². The van der Waals surface area contributed by atoms with Crippen molar-refractivity contribution in [2.24, 2.45) is 0 Å². The summed E-state index contributed by atoms with van der Waals surface area (Å²) in [5, 5.41) is 16.7. The zero-order valence-corrected chi connectivity index (χ0v) is 10.8. The highest BCUT2D eigenvalue weighted by atomic mass is 16.4. The number of aliphatic carboxylic acids is 1. The van der Waals surface area contributed by atoms with E-state index in [0.717, 1.165) is 18.8 Å². The molecule has 1 atom stereocenters. The van der Waals surface area contributed by atoms with Crippen LogP contribution in [0.2, 0.25) is 0 Å². The van der Waals surface area contributed by atoms with Crippen molar-refractivity contribution in [3.63, 3.8) is 0 Å². The van der Waals surface area contributed by atoms with Crippen LogP contribution in [0.4, 0.5) is 0 Å². The van der Waals surface area contributed by atoms with E-state index in [1.54, 1.807) is 0 Å². The van der Waals surface area contributed by atoms with Crippen LogP contribution in [-0.4, -0.2) is 51.4 Å². The molecule has 1 aliphatic heterocycles. The Morgan fingerprint density at radius 2 is 2.44 bits per heavy atom. The third-order valence-corrected chi connectivity index (χ3v) is 3.20. The van der Waals surface area contributed by atoms with Crippen LogP contribution in [0, 0.1) is 0 Å². The summed E-state index contributed by atoms with van der Waals surface area (Å²) < 4.78 is 1.90. The van der Waals surface area contributed by atoms with Crippen LogP contribution in [-0.2, 0) is 11.3 Å². The standard InChI is InChI=1S/C12H20N4O2/c1-9(2)16-5-3-10(14-16)8-15-6-4-13-7-11(15)12(17)18/h3,5,9,11,13H,4,6-8H2,1-2H3,(H,17,18). The summed E-state index contributed by atoms with van der Waals surface area (Å²) in [6, 6.07) is 1.83. The van der Waals surface area contributed by atoms with Gasteiger partial charge in [0.05, 0.1) is 5.69 Å². The van der Waals surface area contributed by atoms with Crippen LogP contribution in [0.25, 0.3) is 0 Å². The van der Waals surface area contributed by atoms with Crippen LogP contribution in [0.3, 0.4) is 0 Å². The molecule has 1 aromatic heterocycles. The van der Waals surface area contributed by atoms with Gasteiger partial charge in [-0.3, -0.25) is 14.4 Å². The van der Waals surface area contributed by atoms with Gasteiger partial charge in [0.2, 0.25) is 0 Å². The second-order valence-corrected chi connectivity index (χ2v) is 4.91. The van der Waals surface area contributed by atoms with Crippen LogP contribution >= 0.6 is 0 Å². The molecule has 18 heavy (non-hydrogen) atoms. The molecular formula is C12H20N4O2. The maximum Gasteiger partial charge on any atom is 0.322 e. The first kappa shape index (κ1) is 13.0. The smallest absolute Gasteiger partial charge is 0.322 e. The quantitative estimate of drug-likeness (QED) is 0.807. The van der Waals surface area contributed by atoms with Crippen molar-refractivity contribution in [1.29, 1.82) is 0 Å². The van der Waals surface area contributed by atoms with E-state index in [0.29, 0.717) is 19.1 Å². The Morgan fingerprint density at radius 3 is 3.06 bits per heavy atom. The maximum absolute atomic E-state index is 11.2. The highest BCUT2D eigenvalue weighted by Crippen LogP contribution is 2.11. The Labute approximate surface area is 107 Å². The Bertz CT molecular complexity index is 416. The second-order valence-electron chi connectivity index (χ2n) is 4.91. The van der Waals surface area contributed by atoms with Gasteiger partial charge in [0.1, 0.15) is 6.04 Å². The lowest BCUT2D eigenvalue weighted by molar-refractivity contribution is -0.144. The second kappa shape index (κ2) is 5.49. The van der Waals surface area contributed by atoms with Gasteiger partial charge in [-0.05, 0) is 19.9 Å². The number of hydrogen-bond acceptors (Lipinski definition) is 4. The highest BCUT2D eigenvalue weighted by molar-refractivity contribution is 5.73. The topological polar surface area (TPSA) is 70.4 Å². The van der Waals surface area contributed by atoms with Crippen LogP contribution in [0.5, 0.6) is 0 Å². The lowest BCUT2D eigenvalue weighted by Gasteiger charge is -2.32. The molecule has 1 aliphatic rings. The average Bonchev–Trinajstić information content (AvgIpc) is 2.78. The van der Waals surface area contributed by atoms with Gasteiger partial charge in [-0.15, -0.1) is 0 Å². The minimum absolute atomic E-state index is 0.331. The normalized spacial score (nSPS) is 21.4. The molecular weight excluding hydrogens is 232 g/mol. The third kappa shape index (κ3) is 2.88. The summed E-state index contributed by atoms with van der Waals surface area (Å²) in [5.74, 6) is -0.773. The number of aromatic nitrogens is 2. The van der Waals surface area contributed by atoms with E-state index in [4.69, 9.17) is 0 Å². The maximum atomic E-state index is 11.2. The number of carboxylic acid groups (broad SMARTS) is 1. The first-order chi connectivity index (χ1) is 8.58. The number of carboxylic acids is 1. The van der Waals surface area contributed by atoms with E-state index in [-0.39, 0.29) is 0 Å². The summed E-state index contributed by atoms with van der Waals surface area (Å²) in [5.41, 5.74) is 0.928. The first-order valence-corrected chi connectivity index (χ1v) is 6.29. The van der Waals surface area contributed by atoms with Gasteiger partial charge in [-0.2, -0.15) is 5.10 Å². The molecule has 0 spiro atoms. The van der Waals surface area contributed by atoms with Gasteiger partial charge in [0.25, 0.3) is 0 Å². The minimum Gasteiger partial charge on any atom is -0.480 e. The predicted molar refractivity (Wildman–Crippen MR) is 67.3 cm³/mol. The van der Waals surface area contributed by atoms with Crippen molar-refractivity contribution in [3.8, 4) is 0 Å². The van der Waals surface area contributed by atoms with E-state index >= 15 is 0 Å². The van der Waals surface area contributed by atoms with E-state index < -0.39 is 12.0 Å². The van der Waals surface area contributed by atoms with Crippen LogP contribution in [0.1, 0.15) is 25.6 Å². The van der Waals surface area contributed by atoms with Gasteiger partial charge >= 0.3 is 5.97 Å². The Kier molecular flexibility index (Phi) is 3.98. The van der Waals surface area contributed by atoms with Crippen molar-refractivity contribution in [3.05, 3.63) is 18.0 Å². The highest BCUT2D eigenvalue weighted by Gasteiger charge is 2.28. The SMILES string of the molecule is CC(C)n1ccc(CN2CCNCC2C(=O)O)n1. The number of hydrogen-bond donors (Lipinski definition) is 2. The van der Waals surface area contributed by atoms with E-state index in [2.05, 4.69) is 24.3 Å². The monoisotopic (exact) mass is 252 g/mol. The molecule has 2 rings (SSSR count). The summed E-state index contributed by atoms with van der Waals surface area (Å²) in [6.07, 6.45) is 1.94. The van der Waals surface area contributed by atoms with Crippen molar-refractivity contribution in [2.75, 3.05) is 19.6 Å². The van der Waals surface area contributed by atoms with Gasteiger partial charge in [0, 0.05) is 38.4 Å². The molecule has 6 heteroatoms. The zero-order chi connectivity index (χ0) is 13.1. The Balaban J connectivity index is 2.03. The fraction of sp³-hybridized carbons (Fsp3) is 0.667. The molecule has 2 N–H and O–H groups in total. The number of carbonyl (C=O) groups is 1. The molecule has 1 saturated heterocycles. The van der Waals surface area contributed by atoms with E-state index in [1.807, 2.05) is 21.8 Å². The molecule has 1 aromatic rings. The number of rotatable bonds is 4. The summed E-state index contributed by atoms with van der Waals surface area (Å²) >= 11 is 0. The van der Waals surface area contributed by atoms with E-state index in [1.165, 1.54) is 0 Å². The van der Waals surface area contributed by atoms with Gasteiger partial charge < -0.3 is 10.4 Å². The van der Waals surface area contributed by atoms with Crippen LogP contribution in [0.15, 0.2) is 12.3 Å². The largest absolute Gasteiger partial charge is 0.480 e. The van der Waals surface area contributed by atoms with Gasteiger partial charge in [-0.25, -0.2) is 0 Å². The summed E-state index contributed by atoms with van der Waals surface area (Å²) in [7, 11) is 0. The predicted octanol–water partition coefficient (Wildman–Crippen LogP) is 0.322. The molecule has 2 heterocycles. The van der Waals surface area contributed by atoms with E-state index in [9.17, 15) is 9.90 Å². The van der Waals surface area contributed by atoms with Crippen molar-refractivity contribution < 1.29 is 9.90 Å².